The van der Waals surface area contributed by atoms with Gasteiger partial charge in [-0.25, -0.2) is 12.7 Å². The molecule has 1 fully saturated rings. The zero-order chi connectivity index (χ0) is 23.2. The largest absolute Gasteiger partial charge is 0.385 e. The van der Waals surface area contributed by atoms with Crippen molar-refractivity contribution in [2.24, 2.45) is 0 Å². The highest BCUT2D eigenvalue weighted by Crippen LogP contribution is 2.24. The molecule has 0 radical (unpaired) electrons. The standard InChI is InChI=1S/C21H34N4O5S/c1-16-13-18(14-19(17(16)2)31(28,29)23(3)4)21(27)25-10-8-24(9-11-25)15-20(26)22-7-6-12-30-5/h13-14H,6-12,15H2,1-5H3,(H,22,26). The van der Waals surface area contributed by atoms with E-state index in [-0.39, 0.29) is 16.7 Å². The number of carbonyl (C=O) groups is 2. The van der Waals surface area contributed by atoms with Gasteiger partial charge in [-0.2, -0.15) is 0 Å². The van der Waals surface area contributed by atoms with Crippen LogP contribution in [-0.2, 0) is 19.6 Å². The van der Waals surface area contributed by atoms with Crippen LogP contribution < -0.4 is 5.32 Å². The molecular weight excluding hydrogens is 420 g/mol. The molecule has 0 saturated carbocycles. The van der Waals surface area contributed by atoms with Gasteiger partial charge in [0.2, 0.25) is 15.9 Å². The molecule has 2 amide bonds. The Bertz CT molecular complexity index is 893. The molecule has 174 valence electrons. The van der Waals surface area contributed by atoms with E-state index in [1.807, 2.05) is 11.8 Å². The average Bonchev–Trinajstić information content (AvgIpc) is 2.73. The van der Waals surface area contributed by atoms with Gasteiger partial charge in [0, 0.05) is 66.1 Å². The van der Waals surface area contributed by atoms with E-state index in [1.54, 1.807) is 25.0 Å². The molecule has 2 rings (SSSR count). The number of carbonyl (C=O) groups excluding carboxylic acids is 2. The highest BCUT2D eigenvalue weighted by Gasteiger charge is 2.27. The van der Waals surface area contributed by atoms with Gasteiger partial charge in [0.1, 0.15) is 0 Å². The number of nitrogens with zero attached hydrogens (tertiary/aromatic N) is 3. The zero-order valence-electron chi connectivity index (χ0n) is 19.1. The molecular formula is C21H34N4O5S. The third-order valence-electron chi connectivity index (χ3n) is 5.50. The van der Waals surface area contributed by atoms with Gasteiger partial charge in [-0.05, 0) is 43.5 Å². The normalized spacial score (nSPS) is 15.4. The van der Waals surface area contributed by atoms with Crippen LogP contribution >= 0.6 is 0 Å². The molecule has 1 aromatic rings. The molecule has 0 aliphatic carbocycles. The fourth-order valence-corrected chi connectivity index (χ4v) is 4.63. The number of hydrogen-bond donors (Lipinski definition) is 1. The summed E-state index contributed by atoms with van der Waals surface area (Å²) in [4.78, 5) is 29.0. The first-order valence-corrected chi connectivity index (χ1v) is 11.8. The van der Waals surface area contributed by atoms with Crippen LogP contribution in [0, 0.1) is 13.8 Å². The second kappa shape index (κ2) is 11.0. The fraction of sp³-hybridized carbons (Fsp3) is 0.619. The lowest BCUT2D eigenvalue weighted by Crippen LogP contribution is -2.51. The number of nitrogens with one attached hydrogen (secondary N) is 1. The van der Waals surface area contributed by atoms with E-state index in [4.69, 9.17) is 4.74 Å². The van der Waals surface area contributed by atoms with Gasteiger partial charge in [-0.3, -0.25) is 14.5 Å². The molecule has 1 aromatic carbocycles. The minimum Gasteiger partial charge on any atom is -0.385 e. The Morgan fingerprint density at radius 1 is 1.13 bits per heavy atom. The highest BCUT2D eigenvalue weighted by atomic mass is 32.2. The number of aryl methyl sites for hydroxylation is 1. The highest BCUT2D eigenvalue weighted by molar-refractivity contribution is 7.89. The van der Waals surface area contributed by atoms with Crippen molar-refractivity contribution in [1.82, 2.24) is 19.4 Å². The molecule has 0 unspecified atom stereocenters. The van der Waals surface area contributed by atoms with Gasteiger partial charge in [0.05, 0.1) is 11.4 Å². The summed E-state index contributed by atoms with van der Waals surface area (Å²) in [5.74, 6) is -0.231. The van der Waals surface area contributed by atoms with Crippen LogP contribution in [0.5, 0.6) is 0 Å². The Balaban J connectivity index is 2.00. The van der Waals surface area contributed by atoms with E-state index in [9.17, 15) is 18.0 Å². The van der Waals surface area contributed by atoms with Gasteiger partial charge >= 0.3 is 0 Å². The van der Waals surface area contributed by atoms with Crippen LogP contribution in [0.3, 0.4) is 0 Å². The van der Waals surface area contributed by atoms with Crippen LogP contribution in [0.25, 0.3) is 0 Å². The fourth-order valence-electron chi connectivity index (χ4n) is 3.41. The molecule has 10 heteroatoms. The number of piperazine rings is 1. The Morgan fingerprint density at radius 2 is 1.77 bits per heavy atom. The maximum absolute atomic E-state index is 13.1. The molecule has 0 atom stereocenters. The van der Waals surface area contributed by atoms with E-state index >= 15 is 0 Å². The van der Waals surface area contributed by atoms with Crippen LogP contribution in [0.4, 0.5) is 0 Å². The minimum absolute atomic E-state index is 0.0384. The molecule has 0 spiro atoms. The molecule has 1 aliphatic rings. The summed E-state index contributed by atoms with van der Waals surface area (Å²) in [7, 11) is 0.934. The number of benzene rings is 1. The van der Waals surface area contributed by atoms with Crippen molar-refractivity contribution in [2.45, 2.75) is 25.2 Å². The first-order chi connectivity index (χ1) is 14.6. The van der Waals surface area contributed by atoms with Gasteiger partial charge in [-0.15, -0.1) is 0 Å². The Hall–Kier alpha value is -2.01. The first-order valence-electron chi connectivity index (χ1n) is 10.4. The summed E-state index contributed by atoms with van der Waals surface area (Å²) < 4.78 is 31.4. The number of ether oxygens (including phenoxy) is 1. The van der Waals surface area contributed by atoms with Crippen LogP contribution in [0.1, 0.15) is 27.9 Å². The predicted molar refractivity (Wildman–Crippen MR) is 119 cm³/mol. The summed E-state index contributed by atoms with van der Waals surface area (Å²) in [6, 6.07) is 3.21. The number of sulfonamides is 1. The minimum atomic E-state index is -3.65. The monoisotopic (exact) mass is 454 g/mol. The molecule has 1 N–H and O–H groups in total. The molecule has 31 heavy (non-hydrogen) atoms. The van der Waals surface area contributed by atoms with Gasteiger partial charge in [-0.1, -0.05) is 0 Å². The van der Waals surface area contributed by atoms with E-state index in [0.717, 1.165) is 16.3 Å². The summed E-state index contributed by atoms with van der Waals surface area (Å²) in [5.41, 5.74) is 1.77. The number of methoxy groups -OCH3 is 1. The summed E-state index contributed by atoms with van der Waals surface area (Å²) in [6.07, 6.45) is 0.770. The summed E-state index contributed by atoms with van der Waals surface area (Å²) in [6.45, 7) is 7.19. The maximum Gasteiger partial charge on any atom is 0.253 e. The molecule has 0 aromatic heterocycles. The van der Waals surface area contributed by atoms with E-state index in [1.165, 1.54) is 20.2 Å². The Morgan fingerprint density at radius 3 is 2.35 bits per heavy atom. The Labute approximate surface area is 185 Å². The third kappa shape index (κ3) is 6.49. The molecule has 1 saturated heterocycles. The first kappa shape index (κ1) is 25.3. The van der Waals surface area contributed by atoms with Crippen molar-refractivity contribution >= 4 is 21.8 Å². The lowest BCUT2D eigenvalue weighted by Gasteiger charge is -2.34. The second-order valence-electron chi connectivity index (χ2n) is 7.97. The number of hydrogen-bond acceptors (Lipinski definition) is 6. The van der Waals surface area contributed by atoms with E-state index < -0.39 is 10.0 Å². The van der Waals surface area contributed by atoms with Gasteiger partial charge in [0.15, 0.2) is 0 Å². The predicted octanol–water partition coefficient (Wildman–Crippen LogP) is 0.464. The third-order valence-corrected chi connectivity index (χ3v) is 7.44. The molecule has 1 heterocycles. The van der Waals surface area contributed by atoms with Crippen LogP contribution in [0.2, 0.25) is 0 Å². The maximum atomic E-state index is 13.1. The van der Waals surface area contributed by atoms with Gasteiger partial charge in [0.25, 0.3) is 5.91 Å². The molecule has 9 nitrogen and oxygen atoms in total. The number of rotatable bonds is 9. The zero-order valence-corrected chi connectivity index (χ0v) is 19.9. The van der Waals surface area contributed by atoms with Crippen molar-refractivity contribution in [3.05, 3.63) is 28.8 Å². The van der Waals surface area contributed by atoms with Gasteiger partial charge < -0.3 is 15.0 Å². The lowest BCUT2D eigenvalue weighted by molar-refractivity contribution is -0.122. The SMILES string of the molecule is COCCCNC(=O)CN1CCN(C(=O)c2cc(C)c(C)c(S(=O)(=O)N(C)C)c2)CC1. The quantitative estimate of drug-likeness (QED) is 0.545. The van der Waals surface area contributed by atoms with Crippen molar-refractivity contribution in [1.29, 1.82) is 0 Å². The second-order valence-corrected chi connectivity index (χ2v) is 10.1. The smallest absolute Gasteiger partial charge is 0.253 e. The van der Waals surface area contributed by atoms with E-state index in [0.29, 0.717) is 57.0 Å². The van der Waals surface area contributed by atoms with Crippen molar-refractivity contribution < 1.29 is 22.7 Å². The van der Waals surface area contributed by atoms with E-state index in [2.05, 4.69) is 5.32 Å². The van der Waals surface area contributed by atoms with Crippen molar-refractivity contribution in [2.75, 3.05) is 67.1 Å². The lowest BCUT2D eigenvalue weighted by atomic mass is 10.0. The van der Waals surface area contributed by atoms with Crippen molar-refractivity contribution in [3.63, 3.8) is 0 Å². The average molecular weight is 455 g/mol. The molecule has 0 bridgehead atoms. The molecule has 1 aliphatic heterocycles. The van der Waals surface area contributed by atoms with Crippen LogP contribution in [-0.4, -0.2) is 101 Å². The summed E-state index contributed by atoms with van der Waals surface area (Å²) >= 11 is 0. The topological polar surface area (TPSA) is 99.3 Å². The van der Waals surface area contributed by atoms with Crippen LogP contribution in [0.15, 0.2) is 17.0 Å². The summed E-state index contributed by atoms with van der Waals surface area (Å²) in [5, 5.41) is 2.86. The number of amides is 2. The Kier molecular flexibility index (Phi) is 8.99. The van der Waals surface area contributed by atoms with Crippen molar-refractivity contribution in [3.8, 4) is 0 Å².